The van der Waals surface area contributed by atoms with Gasteiger partial charge >= 0.3 is 0 Å². The number of para-hydroxylation sites is 3. The first-order valence-corrected chi connectivity index (χ1v) is 23.5. The third-order valence-corrected chi connectivity index (χ3v) is 16.4. The van der Waals surface area contributed by atoms with Gasteiger partial charge in [0.2, 0.25) is 0 Å². The van der Waals surface area contributed by atoms with E-state index in [1.54, 1.807) is 6.20 Å². The molecule has 0 aliphatic carbocycles. The Hall–Kier alpha value is -8.18. The maximum absolute atomic E-state index is 16.7. The fraction of sp³-hybridized carbons (Fsp3) is 0.0172. The van der Waals surface area contributed by atoms with Crippen LogP contribution in [0.25, 0.3) is 55.8 Å². The molecule has 4 aromatic heterocycles. The highest BCUT2D eigenvalue weighted by molar-refractivity contribution is 7.85. The van der Waals surface area contributed by atoms with E-state index in [1.807, 2.05) is 91.1 Å². The molecule has 1 spiro atoms. The molecule has 0 bridgehead atoms. The topological polar surface area (TPSA) is 72.1 Å². The molecule has 0 saturated heterocycles. The number of fused-ring (bicyclic) bond motifs is 11. The van der Waals surface area contributed by atoms with Gasteiger partial charge in [0.25, 0.3) is 0 Å². The van der Waals surface area contributed by atoms with Crippen molar-refractivity contribution in [2.24, 2.45) is 0 Å². The molecule has 0 saturated carbocycles. The Morgan fingerprint density at radius 3 is 1.89 bits per heavy atom. The lowest BCUT2D eigenvalue weighted by molar-refractivity contribution is 0.590. The number of nitrogens with zero attached hydrogens (tertiary/aromatic N) is 4. The summed E-state index contributed by atoms with van der Waals surface area (Å²) in [4.78, 5) is 17.2. The summed E-state index contributed by atoms with van der Waals surface area (Å²) in [6.07, 6.45) is 3.62. The van der Waals surface area contributed by atoms with Gasteiger partial charge in [0.1, 0.15) is 11.2 Å². The molecule has 11 aromatic rings. The van der Waals surface area contributed by atoms with E-state index in [2.05, 4.69) is 132 Å². The van der Waals surface area contributed by atoms with Crippen LogP contribution in [0.2, 0.25) is 0 Å². The fourth-order valence-electron chi connectivity index (χ4n) is 10.5. The van der Waals surface area contributed by atoms with E-state index in [1.165, 1.54) is 0 Å². The quantitative estimate of drug-likeness (QED) is 0.161. The van der Waals surface area contributed by atoms with E-state index in [0.29, 0.717) is 5.58 Å². The molecule has 0 amide bonds. The van der Waals surface area contributed by atoms with Gasteiger partial charge in [0.15, 0.2) is 7.14 Å². The molecule has 306 valence electrons. The van der Waals surface area contributed by atoms with Crippen molar-refractivity contribution in [1.82, 2.24) is 15.0 Å². The van der Waals surface area contributed by atoms with Crippen LogP contribution in [0.5, 0.6) is 0 Å². The minimum absolute atomic E-state index is 0.712. The van der Waals surface area contributed by atoms with Crippen LogP contribution >= 0.6 is 7.14 Å². The Bertz CT molecular complexity index is 3650. The van der Waals surface area contributed by atoms with E-state index in [-0.39, 0.29) is 0 Å². The summed E-state index contributed by atoms with van der Waals surface area (Å²) >= 11 is 0. The van der Waals surface area contributed by atoms with Crippen molar-refractivity contribution in [3.8, 4) is 33.9 Å². The Balaban J connectivity index is 1.16. The fourth-order valence-corrected chi connectivity index (χ4v) is 13.6. The van der Waals surface area contributed by atoms with Crippen LogP contribution < -0.4 is 20.8 Å². The average Bonchev–Trinajstić information content (AvgIpc) is 3.75. The van der Waals surface area contributed by atoms with E-state index < -0.39 is 12.6 Å². The van der Waals surface area contributed by atoms with Crippen molar-refractivity contribution >= 4 is 62.1 Å². The van der Waals surface area contributed by atoms with Gasteiger partial charge in [0.05, 0.1) is 39.6 Å². The first-order valence-electron chi connectivity index (χ1n) is 21.8. The average molecular weight is 853 g/mol. The molecule has 7 heteroatoms. The summed E-state index contributed by atoms with van der Waals surface area (Å²) in [7, 11) is -3.51. The number of aromatic nitrogens is 3. The zero-order valence-electron chi connectivity index (χ0n) is 34.9. The zero-order chi connectivity index (χ0) is 43.1. The molecule has 0 radical (unpaired) electrons. The number of anilines is 3. The molecular weight excluding hydrogens is 816 g/mol. The first kappa shape index (κ1) is 37.4. The Labute approximate surface area is 375 Å². The van der Waals surface area contributed by atoms with Gasteiger partial charge in [-0.25, -0.2) is 4.98 Å². The van der Waals surface area contributed by atoms with E-state index in [9.17, 15) is 0 Å². The standard InChI is InChI=1S/C58H37N4O2P/c63-65(41-19-5-2-6-20-41)56-28-12-9-23-46(56)58(47-36-43-42-21-7-11-27-54(42)64-55(43)37-57(47)65)44-22-8-10-26-52(44)62(40-17-3-1-4-18-40)53-35-38(29-30-45(53)58)50-33-39(48-24-13-15-31-59-48)34-51(61-50)49-25-14-16-32-60-49/h1-37H. The SMILES string of the molecule is O=P1(c2ccccc2)c2ccccc2C2(c3ccccc3N(c3ccccc3)c3cc(-c4cc(-c5ccccn5)cc(-c5ccccn5)n4)ccc32)c2cc3c(cc21)oc1ccccc13. The molecule has 2 aliphatic heterocycles. The third-order valence-electron chi connectivity index (χ3n) is 13.2. The molecule has 0 fully saturated rings. The minimum Gasteiger partial charge on any atom is -0.456 e. The van der Waals surface area contributed by atoms with Crippen LogP contribution in [-0.2, 0) is 9.98 Å². The predicted molar refractivity (Wildman–Crippen MR) is 263 cm³/mol. The van der Waals surface area contributed by atoms with Crippen molar-refractivity contribution in [1.29, 1.82) is 0 Å². The number of pyridine rings is 3. The highest BCUT2D eigenvalue weighted by Crippen LogP contribution is 2.63. The highest BCUT2D eigenvalue weighted by atomic mass is 31.2. The van der Waals surface area contributed by atoms with Gasteiger partial charge in [-0.3, -0.25) is 9.97 Å². The molecule has 2 atom stereocenters. The maximum Gasteiger partial charge on any atom is 0.171 e. The number of rotatable bonds is 5. The number of hydrogen-bond acceptors (Lipinski definition) is 6. The zero-order valence-corrected chi connectivity index (χ0v) is 35.8. The molecule has 13 rings (SSSR count). The second-order valence-corrected chi connectivity index (χ2v) is 19.4. The molecule has 65 heavy (non-hydrogen) atoms. The summed E-state index contributed by atoms with van der Waals surface area (Å²) in [6.45, 7) is 0. The van der Waals surface area contributed by atoms with Crippen molar-refractivity contribution < 1.29 is 8.98 Å². The van der Waals surface area contributed by atoms with E-state index >= 15 is 4.57 Å². The smallest absolute Gasteiger partial charge is 0.171 e. The first-order chi connectivity index (χ1) is 32.1. The maximum atomic E-state index is 16.7. The van der Waals surface area contributed by atoms with Gasteiger partial charge in [0, 0.05) is 55.9 Å². The summed E-state index contributed by atoms with van der Waals surface area (Å²) < 4.78 is 23.4. The van der Waals surface area contributed by atoms with Crippen LogP contribution in [-0.4, -0.2) is 15.0 Å². The van der Waals surface area contributed by atoms with Gasteiger partial charge in [-0.05, 0) is 101 Å². The lowest BCUT2D eigenvalue weighted by atomic mass is 9.62. The van der Waals surface area contributed by atoms with Crippen LogP contribution in [0.1, 0.15) is 22.3 Å². The second-order valence-electron chi connectivity index (χ2n) is 16.7. The number of furan rings is 1. The van der Waals surface area contributed by atoms with Crippen LogP contribution in [0.4, 0.5) is 17.1 Å². The van der Waals surface area contributed by atoms with Gasteiger partial charge in [-0.15, -0.1) is 0 Å². The Morgan fingerprint density at radius 1 is 0.431 bits per heavy atom. The summed E-state index contributed by atoms with van der Waals surface area (Å²) in [6, 6.07) is 73.1. The summed E-state index contributed by atoms with van der Waals surface area (Å²) in [5.74, 6) is 0. The predicted octanol–water partition coefficient (Wildman–Crippen LogP) is 12.9. The second kappa shape index (κ2) is 14.4. The molecule has 6 nitrogen and oxygen atoms in total. The summed E-state index contributed by atoms with van der Waals surface area (Å²) in [5, 5.41) is 4.37. The van der Waals surface area contributed by atoms with Crippen LogP contribution in [0.3, 0.4) is 0 Å². The number of hydrogen-bond donors (Lipinski definition) is 0. The monoisotopic (exact) mass is 852 g/mol. The normalized spacial score (nSPS) is 17.1. The minimum atomic E-state index is -3.51. The van der Waals surface area contributed by atoms with Crippen LogP contribution in [0, 0.1) is 0 Å². The van der Waals surface area contributed by atoms with Gasteiger partial charge < -0.3 is 13.9 Å². The molecule has 2 unspecified atom stereocenters. The van der Waals surface area contributed by atoms with E-state index in [4.69, 9.17) is 19.4 Å². The molecule has 7 aromatic carbocycles. The van der Waals surface area contributed by atoms with Gasteiger partial charge in [-0.2, -0.15) is 0 Å². The molecule has 2 aliphatic rings. The molecule has 6 heterocycles. The molecule has 0 N–H and O–H groups in total. The lowest BCUT2D eigenvalue weighted by Gasteiger charge is -2.50. The van der Waals surface area contributed by atoms with Gasteiger partial charge in [-0.1, -0.05) is 133 Å². The Kier molecular flexibility index (Phi) is 8.30. The van der Waals surface area contributed by atoms with Crippen molar-refractivity contribution in [3.05, 3.63) is 247 Å². The van der Waals surface area contributed by atoms with Crippen molar-refractivity contribution in [3.63, 3.8) is 0 Å². The Morgan fingerprint density at radius 2 is 1.09 bits per heavy atom. The van der Waals surface area contributed by atoms with Crippen molar-refractivity contribution in [2.45, 2.75) is 5.41 Å². The third kappa shape index (κ3) is 5.48. The molecular formula is C58H37N4O2P. The summed E-state index contributed by atoms with van der Waals surface area (Å²) in [5.41, 5.74) is 12.8. The number of benzene rings is 7. The lowest BCUT2D eigenvalue weighted by Crippen LogP contribution is -2.49. The van der Waals surface area contributed by atoms with Crippen molar-refractivity contribution in [2.75, 3.05) is 4.90 Å². The van der Waals surface area contributed by atoms with Crippen LogP contribution in [0.15, 0.2) is 229 Å². The largest absolute Gasteiger partial charge is 0.456 e. The van der Waals surface area contributed by atoms with E-state index in [0.717, 1.165) is 105 Å². The highest BCUT2D eigenvalue weighted by Gasteiger charge is 2.55.